The number of phenolic OH excluding ortho intramolecular Hbond substituents is 1. The largest absolute Gasteiger partial charge is 0.504 e. The molecule has 5 nitrogen and oxygen atoms in total. The van der Waals surface area contributed by atoms with Crippen LogP contribution in [0.1, 0.15) is 0 Å². The molecule has 0 spiro atoms. The normalized spacial score (nSPS) is 11.4. The van der Waals surface area contributed by atoms with Gasteiger partial charge in [0.25, 0.3) is 10.0 Å². The molecule has 0 aromatic heterocycles. The highest BCUT2D eigenvalue weighted by Crippen LogP contribution is 2.32. The number of sulfonamides is 1. The summed E-state index contributed by atoms with van der Waals surface area (Å²) in [7, 11) is -3.62. The van der Waals surface area contributed by atoms with Gasteiger partial charge in [-0.15, -0.1) is 0 Å². The maximum Gasteiger partial charge on any atom is 0.262 e. The van der Waals surface area contributed by atoms with Crippen LogP contribution in [-0.4, -0.2) is 20.6 Å². The minimum atomic E-state index is -4.73. The molecule has 2 rings (SSSR count). The number of methoxy groups -OCH3 is 1. The summed E-state index contributed by atoms with van der Waals surface area (Å²) in [4.78, 5) is -0.638. The fourth-order valence-electron chi connectivity index (χ4n) is 1.71. The van der Waals surface area contributed by atoms with Gasteiger partial charge in [-0.1, -0.05) is 0 Å². The zero-order valence-electron chi connectivity index (χ0n) is 11.7. The monoisotopic (exact) mass is 369 g/mol. The maximum absolute atomic E-state index is 13.5. The second kappa shape index (κ2) is 6.15. The van der Waals surface area contributed by atoms with Crippen molar-refractivity contribution in [1.29, 1.82) is 0 Å². The number of nitrogens with one attached hydrogen (secondary N) is 1. The molecule has 11 heteroatoms. The molecule has 0 heterocycles. The summed E-state index contributed by atoms with van der Waals surface area (Å²) in [5, 5.41) is 9.38. The summed E-state index contributed by atoms with van der Waals surface area (Å²) in [6.07, 6.45) is 0. The van der Waals surface area contributed by atoms with E-state index >= 15 is 0 Å². The van der Waals surface area contributed by atoms with Crippen LogP contribution in [0.15, 0.2) is 23.1 Å². The second-order valence-corrected chi connectivity index (χ2v) is 6.07. The molecule has 0 unspecified atom stereocenters. The van der Waals surface area contributed by atoms with Crippen molar-refractivity contribution in [2.45, 2.75) is 4.90 Å². The van der Waals surface area contributed by atoms with Crippen molar-refractivity contribution >= 4 is 15.7 Å². The summed E-state index contributed by atoms with van der Waals surface area (Å²) in [5.41, 5.74) is -1.72. The average molecular weight is 369 g/mol. The molecule has 0 aliphatic rings. The van der Waals surface area contributed by atoms with E-state index in [2.05, 4.69) is 4.74 Å². The number of hydrogen-bond acceptors (Lipinski definition) is 4. The van der Waals surface area contributed by atoms with Crippen molar-refractivity contribution < 1.29 is 40.2 Å². The van der Waals surface area contributed by atoms with Gasteiger partial charge in [0, 0.05) is 6.07 Å². The van der Waals surface area contributed by atoms with Crippen molar-refractivity contribution in [2.75, 3.05) is 11.8 Å². The third-order valence-electron chi connectivity index (χ3n) is 2.91. The smallest absolute Gasteiger partial charge is 0.262 e. The molecule has 0 saturated carbocycles. The van der Waals surface area contributed by atoms with Gasteiger partial charge in [-0.05, 0) is 12.1 Å². The highest BCUT2D eigenvalue weighted by molar-refractivity contribution is 7.92. The molecule has 0 aliphatic carbocycles. The summed E-state index contributed by atoms with van der Waals surface area (Å²) in [5.74, 6) is -12.4. The summed E-state index contributed by atoms with van der Waals surface area (Å²) in [6.45, 7) is 0. The van der Waals surface area contributed by atoms with E-state index in [1.165, 1.54) is 4.72 Å². The van der Waals surface area contributed by atoms with E-state index in [0.29, 0.717) is 0 Å². The first-order chi connectivity index (χ1) is 11.1. The van der Waals surface area contributed by atoms with E-state index in [-0.39, 0.29) is 5.75 Å². The van der Waals surface area contributed by atoms with E-state index in [1.54, 1.807) is 0 Å². The first-order valence-corrected chi connectivity index (χ1v) is 7.49. The Morgan fingerprint density at radius 1 is 0.958 bits per heavy atom. The second-order valence-electron chi connectivity index (χ2n) is 4.38. The number of aromatic hydroxyl groups is 1. The third-order valence-corrected chi connectivity index (χ3v) is 4.26. The van der Waals surface area contributed by atoms with Crippen LogP contribution >= 0.6 is 0 Å². The minimum Gasteiger partial charge on any atom is -0.504 e. The summed E-state index contributed by atoms with van der Waals surface area (Å²) < 4.78 is 96.4. The highest BCUT2D eigenvalue weighted by atomic mass is 32.2. The number of benzene rings is 2. The van der Waals surface area contributed by atoms with Crippen molar-refractivity contribution in [2.24, 2.45) is 0 Å². The molecule has 130 valence electrons. The first-order valence-electron chi connectivity index (χ1n) is 6.01. The number of phenols is 1. The van der Waals surface area contributed by atoms with E-state index in [4.69, 9.17) is 0 Å². The first kappa shape index (κ1) is 17.8. The van der Waals surface area contributed by atoms with Gasteiger partial charge in [-0.25, -0.2) is 30.4 Å². The number of rotatable bonds is 4. The Morgan fingerprint density at radius 2 is 1.46 bits per heavy atom. The lowest BCUT2D eigenvalue weighted by molar-refractivity contribution is 0.372. The Kier molecular flexibility index (Phi) is 4.56. The van der Waals surface area contributed by atoms with Gasteiger partial charge in [0.2, 0.25) is 5.82 Å². The van der Waals surface area contributed by atoms with Gasteiger partial charge in [-0.3, -0.25) is 4.72 Å². The van der Waals surface area contributed by atoms with Crippen LogP contribution in [0.4, 0.5) is 27.6 Å². The van der Waals surface area contributed by atoms with Gasteiger partial charge >= 0.3 is 0 Å². The van der Waals surface area contributed by atoms with Crippen LogP contribution in [-0.2, 0) is 10.0 Å². The zero-order valence-corrected chi connectivity index (χ0v) is 12.5. The summed E-state index contributed by atoms with van der Waals surface area (Å²) >= 11 is 0. The molecule has 2 aromatic rings. The molecule has 0 fully saturated rings. The zero-order chi connectivity index (χ0) is 18.2. The van der Waals surface area contributed by atoms with Crippen LogP contribution in [0.25, 0.3) is 0 Å². The van der Waals surface area contributed by atoms with Crippen LogP contribution in [0.5, 0.6) is 11.5 Å². The van der Waals surface area contributed by atoms with E-state index in [0.717, 1.165) is 25.3 Å². The van der Waals surface area contributed by atoms with E-state index in [9.17, 15) is 35.5 Å². The quantitative estimate of drug-likeness (QED) is 0.494. The molecule has 0 saturated heterocycles. The Bertz CT molecular complexity index is 888. The third kappa shape index (κ3) is 2.94. The topological polar surface area (TPSA) is 75.6 Å². The number of halogens is 5. The molecule has 0 amide bonds. The predicted octanol–water partition coefficient (Wildman–Crippen LogP) is 2.90. The standard InChI is InChI=1S/C13H8F5NO4S/c1-23-7-4-5(2-3-6(7)20)24(21,22)19-13-11(17)9(15)8(14)10(16)12(13)18/h2-4,19-20H,1H3. The van der Waals surface area contributed by atoms with Crippen molar-refractivity contribution in [3.05, 3.63) is 47.3 Å². The molecule has 0 atom stereocenters. The SMILES string of the molecule is COc1cc(S(=O)(=O)Nc2c(F)c(F)c(F)c(F)c2F)ccc1O. The Balaban J connectivity index is 2.55. The van der Waals surface area contributed by atoms with Crippen molar-refractivity contribution in [3.63, 3.8) is 0 Å². The number of hydrogen-bond donors (Lipinski definition) is 2. The minimum absolute atomic E-state index is 0.282. The Morgan fingerprint density at radius 3 is 1.96 bits per heavy atom. The predicted molar refractivity (Wildman–Crippen MR) is 71.7 cm³/mol. The van der Waals surface area contributed by atoms with Gasteiger partial charge in [-0.2, -0.15) is 0 Å². The van der Waals surface area contributed by atoms with E-state index in [1.807, 2.05) is 0 Å². The number of ether oxygens (including phenoxy) is 1. The average Bonchev–Trinajstić information content (AvgIpc) is 2.55. The molecule has 24 heavy (non-hydrogen) atoms. The van der Waals surface area contributed by atoms with E-state index < -0.39 is 55.4 Å². The van der Waals surface area contributed by atoms with Gasteiger partial charge < -0.3 is 9.84 Å². The molecule has 0 radical (unpaired) electrons. The van der Waals surface area contributed by atoms with Crippen LogP contribution in [0.3, 0.4) is 0 Å². The maximum atomic E-state index is 13.5. The number of anilines is 1. The Hall–Kier alpha value is -2.56. The van der Waals surface area contributed by atoms with Gasteiger partial charge in [0.05, 0.1) is 12.0 Å². The van der Waals surface area contributed by atoms with Crippen molar-refractivity contribution in [3.8, 4) is 11.5 Å². The van der Waals surface area contributed by atoms with Gasteiger partial charge in [0.15, 0.2) is 34.8 Å². The molecular weight excluding hydrogens is 361 g/mol. The molecule has 2 aromatic carbocycles. The molecular formula is C13H8F5NO4S. The lowest BCUT2D eigenvalue weighted by atomic mass is 10.2. The molecule has 0 bridgehead atoms. The summed E-state index contributed by atoms with van der Waals surface area (Å²) in [6, 6.07) is 2.54. The lowest BCUT2D eigenvalue weighted by Gasteiger charge is -2.12. The fourth-order valence-corrected chi connectivity index (χ4v) is 2.79. The van der Waals surface area contributed by atoms with Gasteiger partial charge in [0.1, 0.15) is 5.69 Å². The van der Waals surface area contributed by atoms with Crippen LogP contribution < -0.4 is 9.46 Å². The van der Waals surface area contributed by atoms with Crippen LogP contribution in [0.2, 0.25) is 0 Å². The lowest BCUT2D eigenvalue weighted by Crippen LogP contribution is -2.17. The van der Waals surface area contributed by atoms with Crippen LogP contribution in [0, 0.1) is 29.1 Å². The molecule has 0 aliphatic heterocycles. The fraction of sp³-hybridized carbons (Fsp3) is 0.0769. The Labute approximate surface area is 132 Å². The molecule has 2 N–H and O–H groups in total. The van der Waals surface area contributed by atoms with Crippen molar-refractivity contribution in [1.82, 2.24) is 0 Å². The highest BCUT2D eigenvalue weighted by Gasteiger charge is 2.29.